The van der Waals surface area contributed by atoms with Crippen LogP contribution in [0.5, 0.6) is 5.75 Å². The Hall–Kier alpha value is -2.09. The summed E-state index contributed by atoms with van der Waals surface area (Å²) in [5.74, 6) is 0.893. The molecular weight excluding hydrogens is 212 g/mol. The van der Waals surface area contributed by atoms with Crippen molar-refractivity contribution < 1.29 is 9.53 Å². The number of benzene rings is 2. The summed E-state index contributed by atoms with van der Waals surface area (Å²) in [7, 11) is 0. The summed E-state index contributed by atoms with van der Waals surface area (Å²) in [5, 5.41) is 0. The second kappa shape index (κ2) is 4.06. The van der Waals surface area contributed by atoms with Crippen molar-refractivity contribution in [1.82, 2.24) is 0 Å². The quantitative estimate of drug-likeness (QED) is 0.732. The van der Waals surface area contributed by atoms with E-state index in [0.717, 1.165) is 24.0 Å². The molecule has 17 heavy (non-hydrogen) atoms. The van der Waals surface area contributed by atoms with E-state index in [-0.39, 0.29) is 6.10 Å². The van der Waals surface area contributed by atoms with Gasteiger partial charge in [0.2, 0.25) is 0 Å². The van der Waals surface area contributed by atoms with Gasteiger partial charge in [0, 0.05) is 12.0 Å². The predicted octanol–water partition coefficient (Wildman–Crippen LogP) is 3.18. The van der Waals surface area contributed by atoms with Crippen LogP contribution in [0, 0.1) is 0 Å². The van der Waals surface area contributed by atoms with Crippen LogP contribution in [0.1, 0.15) is 27.6 Å². The highest BCUT2D eigenvalue weighted by atomic mass is 16.5. The van der Waals surface area contributed by atoms with Gasteiger partial charge in [0.15, 0.2) is 0 Å². The lowest BCUT2D eigenvalue weighted by Crippen LogP contribution is -2.02. The van der Waals surface area contributed by atoms with E-state index in [1.807, 2.05) is 30.3 Å². The lowest BCUT2D eigenvalue weighted by molar-refractivity contribution is 0.112. The Kier molecular flexibility index (Phi) is 2.41. The van der Waals surface area contributed by atoms with Crippen LogP contribution in [0.4, 0.5) is 0 Å². The maximum Gasteiger partial charge on any atom is 0.150 e. The van der Waals surface area contributed by atoms with Crippen molar-refractivity contribution in [2.75, 3.05) is 0 Å². The number of ether oxygens (including phenoxy) is 1. The van der Waals surface area contributed by atoms with Gasteiger partial charge in [-0.1, -0.05) is 30.3 Å². The topological polar surface area (TPSA) is 26.3 Å². The first-order valence-corrected chi connectivity index (χ1v) is 5.66. The van der Waals surface area contributed by atoms with Gasteiger partial charge in [0.1, 0.15) is 18.1 Å². The van der Waals surface area contributed by atoms with Crippen LogP contribution in [0.3, 0.4) is 0 Å². The third-order valence-corrected chi connectivity index (χ3v) is 3.07. The molecule has 2 aromatic carbocycles. The first-order chi connectivity index (χ1) is 8.36. The first kappa shape index (κ1) is 10.1. The van der Waals surface area contributed by atoms with E-state index >= 15 is 0 Å². The van der Waals surface area contributed by atoms with Gasteiger partial charge < -0.3 is 4.74 Å². The minimum atomic E-state index is 0.0769. The molecular formula is C15H12O2. The number of hydrogen-bond donors (Lipinski definition) is 0. The molecule has 2 aromatic rings. The van der Waals surface area contributed by atoms with Crippen molar-refractivity contribution in [1.29, 1.82) is 0 Å². The molecule has 0 aromatic heterocycles. The Morgan fingerprint density at radius 2 is 1.94 bits per heavy atom. The Morgan fingerprint density at radius 3 is 2.71 bits per heavy atom. The number of hydrogen-bond acceptors (Lipinski definition) is 2. The molecule has 0 N–H and O–H groups in total. The molecule has 3 rings (SSSR count). The molecule has 84 valence electrons. The molecule has 0 radical (unpaired) electrons. The van der Waals surface area contributed by atoms with Gasteiger partial charge in [-0.2, -0.15) is 0 Å². The maximum absolute atomic E-state index is 10.7. The molecule has 2 nitrogen and oxygen atoms in total. The van der Waals surface area contributed by atoms with Gasteiger partial charge in [0.05, 0.1) is 0 Å². The third kappa shape index (κ3) is 1.82. The molecule has 0 saturated heterocycles. The molecule has 0 bridgehead atoms. The van der Waals surface area contributed by atoms with Crippen LogP contribution < -0.4 is 4.74 Å². The summed E-state index contributed by atoms with van der Waals surface area (Å²) in [6.07, 6.45) is 1.78. The van der Waals surface area contributed by atoms with E-state index in [9.17, 15) is 4.79 Å². The van der Waals surface area contributed by atoms with Crippen LogP contribution >= 0.6 is 0 Å². The van der Waals surface area contributed by atoms with Gasteiger partial charge >= 0.3 is 0 Å². The van der Waals surface area contributed by atoms with Crippen molar-refractivity contribution in [3.63, 3.8) is 0 Å². The van der Waals surface area contributed by atoms with E-state index < -0.39 is 0 Å². The van der Waals surface area contributed by atoms with E-state index in [0.29, 0.717) is 5.56 Å². The molecule has 2 heteroatoms. The van der Waals surface area contributed by atoms with E-state index in [4.69, 9.17) is 4.74 Å². The largest absolute Gasteiger partial charge is 0.485 e. The van der Waals surface area contributed by atoms with Crippen molar-refractivity contribution >= 4 is 6.29 Å². The molecule has 0 saturated carbocycles. The zero-order valence-corrected chi connectivity index (χ0v) is 9.30. The predicted molar refractivity (Wildman–Crippen MR) is 65.3 cm³/mol. The minimum Gasteiger partial charge on any atom is -0.485 e. The summed E-state index contributed by atoms with van der Waals surface area (Å²) in [6.45, 7) is 0. The molecule has 0 amide bonds. The van der Waals surface area contributed by atoms with Crippen LogP contribution in [0.15, 0.2) is 48.5 Å². The van der Waals surface area contributed by atoms with Crippen molar-refractivity contribution in [2.45, 2.75) is 12.5 Å². The van der Waals surface area contributed by atoms with Gasteiger partial charge in [-0.3, -0.25) is 4.79 Å². The molecule has 1 aliphatic rings. The van der Waals surface area contributed by atoms with Crippen LogP contribution in [0.2, 0.25) is 0 Å². The smallest absolute Gasteiger partial charge is 0.150 e. The Labute approximate surface area is 99.9 Å². The van der Waals surface area contributed by atoms with Crippen LogP contribution in [-0.4, -0.2) is 6.29 Å². The second-order valence-electron chi connectivity index (χ2n) is 4.21. The summed E-state index contributed by atoms with van der Waals surface area (Å²) >= 11 is 0. The summed E-state index contributed by atoms with van der Waals surface area (Å²) in [5.41, 5.74) is 3.00. The number of carbonyl (C=O) groups is 1. The number of aldehydes is 1. The molecule has 0 fully saturated rings. The maximum atomic E-state index is 10.7. The number of carbonyl (C=O) groups excluding carboxylic acids is 1. The Bertz CT molecular complexity index is 546. The van der Waals surface area contributed by atoms with Crippen LogP contribution in [-0.2, 0) is 6.42 Å². The minimum absolute atomic E-state index is 0.0769. The lowest BCUT2D eigenvalue weighted by Gasteiger charge is -2.10. The zero-order chi connectivity index (χ0) is 11.7. The summed E-state index contributed by atoms with van der Waals surface area (Å²) < 4.78 is 5.88. The van der Waals surface area contributed by atoms with E-state index in [1.165, 1.54) is 5.56 Å². The summed E-state index contributed by atoms with van der Waals surface area (Å²) in [6, 6.07) is 15.7. The van der Waals surface area contributed by atoms with Crippen molar-refractivity contribution in [2.24, 2.45) is 0 Å². The summed E-state index contributed by atoms with van der Waals surface area (Å²) in [4.78, 5) is 10.7. The average molecular weight is 224 g/mol. The fourth-order valence-electron chi connectivity index (χ4n) is 2.20. The van der Waals surface area contributed by atoms with Gasteiger partial charge in [-0.25, -0.2) is 0 Å². The fraction of sp³-hybridized carbons (Fsp3) is 0.133. The molecule has 1 atom stereocenters. The molecule has 0 unspecified atom stereocenters. The van der Waals surface area contributed by atoms with Crippen molar-refractivity contribution in [3.8, 4) is 5.75 Å². The Morgan fingerprint density at radius 1 is 1.12 bits per heavy atom. The SMILES string of the molecule is O=Cc1ccc2c(c1)C[C@@H](c1ccccc1)O2. The van der Waals surface area contributed by atoms with E-state index in [1.54, 1.807) is 6.07 Å². The molecule has 0 spiro atoms. The molecule has 1 heterocycles. The zero-order valence-electron chi connectivity index (χ0n) is 9.30. The van der Waals surface area contributed by atoms with Crippen molar-refractivity contribution in [3.05, 3.63) is 65.2 Å². The molecule has 0 aliphatic carbocycles. The second-order valence-corrected chi connectivity index (χ2v) is 4.21. The monoisotopic (exact) mass is 224 g/mol. The average Bonchev–Trinajstić information content (AvgIpc) is 2.82. The highest BCUT2D eigenvalue weighted by Gasteiger charge is 2.24. The number of fused-ring (bicyclic) bond motifs is 1. The van der Waals surface area contributed by atoms with Gasteiger partial charge in [-0.15, -0.1) is 0 Å². The molecule has 1 aliphatic heterocycles. The normalized spacial score (nSPS) is 17.3. The van der Waals surface area contributed by atoms with E-state index in [2.05, 4.69) is 12.1 Å². The van der Waals surface area contributed by atoms with Gasteiger partial charge in [0.25, 0.3) is 0 Å². The standard InChI is InChI=1S/C15H12O2/c16-10-11-6-7-14-13(8-11)9-15(17-14)12-4-2-1-3-5-12/h1-8,10,15H,9H2/t15-/m0/s1. The lowest BCUT2D eigenvalue weighted by atomic mass is 10.0. The Balaban J connectivity index is 1.90. The van der Waals surface area contributed by atoms with Gasteiger partial charge in [-0.05, 0) is 29.3 Å². The first-order valence-electron chi connectivity index (χ1n) is 5.66. The number of rotatable bonds is 2. The highest BCUT2D eigenvalue weighted by molar-refractivity contribution is 5.75. The van der Waals surface area contributed by atoms with Crippen LogP contribution in [0.25, 0.3) is 0 Å². The fourth-order valence-corrected chi connectivity index (χ4v) is 2.20. The third-order valence-electron chi connectivity index (χ3n) is 3.07. The highest BCUT2D eigenvalue weighted by Crippen LogP contribution is 2.36.